The molecule has 5 nitrogen and oxygen atoms in total. The summed E-state index contributed by atoms with van der Waals surface area (Å²) in [7, 11) is -3.98. The van der Waals surface area contributed by atoms with E-state index in [1.807, 2.05) is 20.8 Å². The number of rotatable bonds is 6. The quantitative estimate of drug-likeness (QED) is 0.622. The number of para-hydroxylation sites is 1. The first kappa shape index (κ1) is 15.7. The van der Waals surface area contributed by atoms with Crippen LogP contribution < -0.4 is 9.84 Å². The molecule has 0 bridgehead atoms. The zero-order valence-electron chi connectivity index (χ0n) is 11.4. The van der Waals surface area contributed by atoms with Crippen molar-refractivity contribution in [2.75, 3.05) is 0 Å². The van der Waals surface area contributed by atoms with Gasteiger partial charge in [-0.2, -0.15) is 0 Å². The Balaban J connectivity index is 2.87. The zero-order chi connectivity index (χ0) is 14.5. The largest absolute Gasteiger partial charge is 0.423 e. The average Bonchev–Trinajstić information content (AvgIpc) is 2.27. The summed E-state index contributed by atoms with van der Waals surface area (Å²) in [6, 6.07) is 8.39. The SMILES string of the molecule is CC(C)(C)CC(NC=O)P(=O)(O)Oc1ccccc1. The first-order chi connectivity index (χ1) is 8.74. The number of amides is 1. The molecule has 0 aliphatic rings. The van der Waals surface area contributed by atoms with Gasteiger partial charge in [0.2, 0.25) is 6.41 Å². The molecule has 106 valence electrons. The second-order valence-electron chi connectivity index (χ2n) is 5.53. The van der Waals surface area contributed by atoms with Crippen LogP contribution in [0.5, 0.6) is 5.75 Å². The van der Waals surface area contributed by atoms with Crippen molar-refractivity contribution in [3.05, 3.63) is 30.3 Å². The monoisotopic (exact) mass is 285 g/mol. The molecule has 2 atom stereocenters. The summed E-state index contributed by atoms with van der Waals surface area (Å²) < 4.78 is 17.4. The van der Waals surface area contributed by atoms with E-state index in [-0.39, 0.29) is 5.41 Å². The molecule has 2 unspecified atom stereocenters. The highest BCUT2D eigenvalue weighted by molar-refractivity contribution is 7.54. The molecule has 0 spiro atoms. The lowest BCUT2D eigenvalue weighted by atomic mass is 9.92. The zero-order valence-corrected chi connectivity index (χ0v) is 12.3. The maximum absolute atomic E-state index is 12.3. The lowest BCUT2D eigenvalue weighted by Crippen LogP contribution is -2.33. The maximum atomic E-state index is 12.3. The molecular formula is C13H20NO4P. The minimum Gasteiger partial charge on any atom is -0.423 e. The van der Waals surface area contributed by atoms with Crippen LogP contribution in [0.3, 0.4) is 0 Å². The molecule has 0 aliphatic heterocycles. The Kier molecular flexibility index (Phi) is 5.15. The lowest BCUT2D eigenvalue weighted by Gasteiger charge is -2.28. The molecule has 0 aliphatic carbocycles. The van der Waals surface area contributed by atoms with Crippen molar-refractivity contribution in [1.82, 2.24) is 5.32 Å². The molecular weight excluding hydrogens is 265 g/mol. The molecule has 0 fully saturated rings. The first-order valence-electron chi connectivity index (χ1n) is 6.01. The summed E-state index contributed by atoms with van der Waals surface area (Å²) in [5.74, 6) is -0.620. The van der Waals surface area contributed by atoms with Crippen LogP contribution in [-0.4, -0.2) is 17.1 Å². The summed E-state index contributed by atoms with van der Waals surface area (Å²) in [5, 5.41) is 2.38. The highest BCUT2D eigenvalue weighted by atomic mass is 31.2. The van der Waals surface area contributed by atoms with E-state index in [1.165, 1.54) is 0 Å². The summed E-state index contributed by atoms with van der Waals surface area (Å²) in [6.07, 6.45) is 0.764. The molecule has 0 radical (unpaired) electrons. The van der Waals surface area contributed by atoms with Gasteiger partial charge in [0.25, 0.3) is 0 Å². The van der Waals surface area contributed by atoms with E-state index >= 15 is 0 Å². The molecule has 1 aromatic carbocycles. The third kappa shape index (κ3) is 5.45. The van der Waals surface area contributed by atoms with Crippen molar-refractivity contribution >= 4 is 14.0 Å². The second kappa shape index (κ2) is 6.22. The Bertz CT molecular complexity index is 455. The Morgan fingerprint density at radius 3 is 2.42 bits per heavy atom. The van der Waals surface area contributed by atoms with Crippen LogP contribution in [0.1, 0.15) is 27.2 Å². The predicted molar refractivity (Wildman–Crippen MR) is 74.0 cm³/mol. The van der Waals surface area contributed by atoms with E-state index in [4.69, 9.17) is 4.52 Å². The van der Waals surface area contributed by atoms with Gasteiger partial charge in [0.1, 0.15) is 11.5 Å². The van der Waals surface area contributed by atoms with Gasteiger partial charge in [-0.1, -0.05) is 39.0 Å². The molecule has 1 aromatic rings. The van der Waals surface area contributed by atoms with Crippen molar-refractivity contribution in [2.45, 2.75) is 33.0 Å². The average molecular weight is 285 g/mol. The number of benzene rings is 1. The number of nitrogens with one attached hydrogen (secondary N) is 1. The third-order valence-corrected chi connectivity index (χ3v) is 4.03. The second-order valence-corrected chi connectivity index (χ2v) is 7.47. The van der Waals surface area contributed by atoms with E-state index in [0.29, 0.717) is 18.6 Å². The van der Waals surface area contributed by atoms with Crippen molar-refractivity contribution in [2.24, 2.45) is 5.41 Å². The smallest absolute Gasteiger partial charge is 0.398 e. The molecule has 6 heteroatoms. The lowest BCUT2D eigenvalue weighted by molar-refractivity contribution is -0.109. The van der Waals surface area contributed by atoms with E-state index < -0.39 is 13.4 Å². The van der Waals surface area contributed by atoms with Crippen LogP contribution in [0.2, 0.25) is 0 Å². The van der Waals surface area contributed by atoms with Crippen LogP contribution in [0.15, 0.2) is 30.3 Å². The van der Waals surface area contributed by atoms with E-state index in [9.17, 15) is 14.3 Å². The Hall–Kier alpha value is -1.32. The molecule has 0 saturated heterocycles. The molecule has 0 heterocycles. The van der Waals surface area contributed by atoms with Gasteiger partial charge in [0, 0.05) is 0 Å². The predicted octanol–water partition coefficient (Wildman–Crippen LogP) is 2.76. The summed E-state index contributed by atoms with van der Waals surface area (Å²) >= 11 is 0. The van der Waals surface area contributed by atoms with Gasteiger partial charge in [0.15, 0.2) is 0 Å². The summed E-state index contributed by atoms with van der Waals surface area (Å²) in [4.78, 5) is 20.6. The molecule has 19 heavy (non-hydrogen) atoms. The maximum Gasteiger partial charge on any atom is 0.398 e. The van der Waals surface area contributed by atoms with Crippen molar-refractivity contribution in [3.8, 4) is 5.75 Å². The van der Waals surface area contributed by atoms with Gasteiger partial charge < -0.3 is 14.7 Å². The molecule has 0 saturated carbocycles. The van der Waals surface area contributed by atoms with Gasteiger partial charge in [-0.05, 0) is 24.0 Å². The van der Waals surface area contributed by atoms with Crippen LogP contribution in [0.4, 0.5) is 0 Å². The standard InChI is InChI=1S/C13H20NO4P/c1-13(2,3)9-12(14-10-15)19(16,17)18-11-7-5-4-6-8-11/h4-8,10,12H,9H2,1-3H3,(H,14,15)(H,16,17). The normalized spacial score (nSPS) is 16.2. The van der Waals surface area contributed by atoms with Crippen LogP contribution >= 0.6 is 7.60 Å². The molecule has 1 amide bonds. The minimum absolute atomic E-state index is 0.209. The van der Waals surface area contributed by atoms with E-state index in [1.54, 1.807) is 30.3 Å². The number of carbonyl (C=O) groups is 1. The topological polar surface area (TPSA) is 75.6 Å². The van der Waals surface area contributed by atoms with Crippen LogP contribution in [-0.2, 0) is 9.36 Å². The van der Waals surface area contributed by atoms with Crippen molar-refractivity contribution in [3.63, 3.8) is 0 Å². The van der Waals surface area contributed by atoms with Crippen molar-refractivity contribution < 1.29 is 18.8 Å². The highest BCUT2D eigenvalue weighted by Gasteiger charge is 2.36. The van der Waals surface area contributed by atoms with Gasteiger partial charge in [-0.15, -0.1) is 0 Å². The number of hydrogen-bond acceptors (Lipinski definition) is 3. The summed E-state index contributed by atoms with van der Waals surface area (Å²) in [5.41, 5.74) is -0.209. The van der Waals surface area contributed by atoms with Gasteiger partial charge in [-0.25, -0.2) is 4.57 Å². The number of carbonyl (C=O) groups excluding carboxylic acids is 1. The van der Waals surface area contributed by atoms with Crippen molar-refractivity contribution in [1.29, 1.82) is 0 Å². The van der Waals surface area contributed by atoms with Gasteiger partial charge in [-0.3, -0.25) is 4.79 Å². The molecule has 0 aromatic heterocycles. The fourth-order valence-corrected chi connectivity index (χ4v) is 3.20. The minimum atomic E-state index is -3.98. The first-order valence-corrected chi connectivity index (χ1v) is 7.66. The fourth-order valence-electron chi connectivity index (χ4n) is 1.62. The molecule has 1 rings (SSSR count). The molecule has 2 N–H and O–H groups in total. The Morgan fingerprint density at radius 1 is 1.37 bits per heavy atom. The van der Waals surface area contributed by atoms with E-state index in [2.05, 4.69) is 5.32 Å². The number of hydrogen-bond donors (Lipinski definition) is 2. The van der Waals surface area contributed by atoms with Gasteiger partial charge >= 0.3 is 7.60 Å². The summed E-state index contributed by atoms with van der Waals surface area (Å²) in [6.45, 7) is 5.78. The highest BCUT2D eigenvalue weighted by Crippen LogP contribution is 2.49. The fraction of sp³-hybridized carbons (Fsp3) is 0.462. The Morgan fingerprint density at radius 2 is 1.95 bits per heavy atom. The van der Waals surface area contributed by atoms with Gasteiger partial charge in [0.05, 0.1) is 0 Å². The van der Waals surface area contributed by atoms with Crippen LogP contribution in [0, 0.1) is 5.41 Å². The Labute approximate surface area is 113 Å². The van der Waals surface area contributed by atoms with Crippen LogP contribution in [0.25, 0.3) is 0 Å². The van der Waals surface area contributed by atoms with E-state index in [0.717, 1.165) is 0 Å². The third-order valence-electron chi connectivity index (χ3n) is 2.44.